The quantitative estimate of drug-likeness (QED) is 0.214. The van der Waals surface area contributed by atoms with Crippen molar-refractivity contribution in [3.8, 4) is 11.1 Å². The predicted molar refractivity (Wildman–Crippen MR) is 169 cm³/mol. The number of urea groups is 1. The maximum Gasteiger partial charge on any atom is 0.319 e. The second-order valence-electron chi connectivity index (χ2n) is 10.2. The molecule has 6 rings (SSSR count). The summed E-state index contributed by atoms with van der Waals surface area (Å²) in [6, 6.07) is 43.1. The van der Waals surface area contributed by atoms with E-state index in [9.17, 15) is 9.59 Å². The topological polar surface area (TPSA) is 76.0 Å². The van der Waals surface area contributed by atoms with Crippen molar-refractivity contribution >= 4 is 22.6 Å². The van der Waals surface area contributed by atoms with Crippen molar-refractivity contribution < 1.29 is 4.79 Å². The van der Waals surface area contributed by atoms with E-state index in [0.717, 1.165) is 27.8 Å². The van der Waals surface area contributed by atoms with Gasteiger partial charge in [-0.25, -0.2) is 9.78 Å². The minimum absolute atomic E-state index is 0.147. The highest BCUT2D eigenvalue weighted by Crippen LogP contribution is 2.21. The number of fused-ring (bicyclic) bond motifs is 1. The van der Waals surface area contributed by atoms with Gasteiger partial charge in [0.05, 0.1) is 17.4 Å². The largest absolute Gasteiger partial charge is 0.334 e. The molecular weight excluding hydrogens is 520 g/mol. The zero-order valence-electron chi connectivity index (χ0n) is 23.0. The monoisotopic (exact) mass is 550 g/mol. The van der Waals surface area contributed by atoms with E-state index in [1.807, 2.05) is 78.9 Å². The summed E-state index contributed by atoms with van der Waals surface area (Å²) in [4.78, 5) is 31.5. The number of benzene rings is 5. The number of nitrogens with zero attached hydrogens (tertiary/aromatic N) is 2. The molecule has 0 aliphatic rings. The summed E-state index contributed by atoms with van der Waals surface area (Å²) >= 11 is 0. The van der Waals surface area contributed by atoms with Gasteiger partial charge in [0, 0.05) is 18.7 Å². The molecule has 0 fully saturated rings. The molecule has 6 aromatic rings. The van der Waals surface area contributed by atoms with Crippen LogP contribution in [0.2, 0.25) is 0 Å². The average Bonchev–Trinajstić information content (AvgIpc) is 3.04. The van der Waals surface area contributed by atoms with Gasteiger partial charge in [0.25, 0.3) is 5.56 Å². The zero-order valence-corrected chi connectivity index (χ0v) is 23.0. The first-order valence-electron chi connectivity index (χ1n) is 13.9. The number of carbonyl (C=O) groups excluding carboxylic acids is 1. The highest BCUT2D eigenvalue weighted by molar-refractivity contribution is 5.92. The van der Waals surface area contributed by atoms with Crippen molar-refractivity contribution in [3.63, 3.8) is 0 Å². The van der Waals surface area contributed by atoms with Gasteiger partial charge < -0.3 is 10.6 Å². The fourth-order valence-corrected chi connectivity index (χ4v) is 4.99. The maximum absolute atomic E-state index is 14.0. The molecule has 5 aromatic carbocycles. The highest BCUT2D eigenvalue weighted by Gasteiger charge is 2.14. The van der Waals surface area contributed by atoms with Gasteiger partial charge in [0.15, 0.2) is 0 Å². The molecule has 2 amide bonds. The number of rotatable bonds is 8. The lowest BCUT2D eigenvalue weighted by Gasteiger charge is -2.15. The van der Waals surface area contributed by atoms with Crippen LogP contribution in [0.3, 0.4) is 0 Å². The Labute approximate surface area is 244 Å². The summed E-state index contributed by atoms with van der Waals surface area (Å²) in [6.45, 7) is 0.786. The average molecular weight is 551 g/mol. The highest BCUT2D eigenvalue weighted by atomic mass is 16.2. The third kappa shape index (κ3) is 6.29. The van der Waals surface area contributed by atoms with E-state index >= 15 is 0 Å². The molecule has 0 aliphatic heterocycles. The Morgan fingerprint density at radius 2 is 1.29 bits per heavy atom. The summed E-state index contributed by atoms with van der Waals surface area (Å²) in [7, 11) is 0. The molecule has 0 saturated carbocycles. The summed E-state index contributed by atoms with van der Waals surface area (Å²) in [6.07, 6.45) is 0.524. The molecule has 6 nitrogen and oxygen atoms in total. The van der Waals surface area contributed by atoms with Gasteiger partial charge in [-0.15, -0.1) is 0 Å². The lowest BCUT2D eigenvalue weighted by atomic mass is 10.0. The van der Waals surface area contributed by atoms with E-state index < -0.39 is 0 Å². The van der Waals surface area contributed by atoms with Gasteiger partial charge in [0.1, 0.15) is 5.82 Å². The second-order valence-corrected chi connectivity index (χ2v) is 10.2. The van der Waals surface area contributed by atoms with Crippen LogP contribution in [0, 0.1) is 0 Å². The van der Waals surface area contributed by atoms with E-state index in [1.165, 1.54) is 0 Å². The normalized spacial score (nSPS) is 10.9. The van der Waals surface area contributed by atoms with Gasteiger partial charge in [-0.05, 0) is 46.0 Å². The molecular formula is C36H30N4O2. The number of hydrogen-bond donors (Lipinski definition) is 2. The van der Waals surface area contributed by atoms with E-state index in [2.05, 4.69) is 47.0 Å². The summed E-state index contributed by atoms with van der Waals surface area (Å²) < 4.78 is 1.74. The fraction of sp³-hybridized carbons (Fsp3) is 0.0833. The lowest BCUT2D eigenvalue weighted by Crippen LogP contribution is -2.29. The number of aromatic nitrogens is 2. The minimum atomic E-state index is -0.342. The molecule has 0 bridgehead atoms. The van der Waals surface area contributed by atoms with Crippen LogP contribution in [0.5, 0.6) is 0 Å². The first-order valence-corrected chi connectivity index (χ1v) is 13.9. The van der Waals surface area contributed by atoms with Crippen molar-refractivity contribution in [3.05, 3.63) is 166 Å². The standard InChI is InChI=1S/C36H30N4O2/c41-35-32-23-31(38-36(42)37-24-27-12-6-2-7-13-27)20-21-33(32)39-34(22-26-10-4-1-5-11-26)40(35)25-28-16-18-30(19-17-28)29-14-8-3-9-15-29/h1-21,23H,22,24-25H2,(H2,37,38,42). The summed E-state index contributed by atoms with van der Waals surface area (Å²) in [5.74, 6) is 0.687. The van der Waals surface area contributed by atoms with E-state index in [0.29, 0.717) is 41.9 Å². The Bertz CT molecular complexity index is 1870. The predicted octanol–water partition coefficient (Wildman–Crippen LogP) is 7.02. The van der Waals surface area contributed by atoms with E-state index in [4.69, 9.17) is 4.98 Å². The fourth-order valence-electron chi connectivity index (χ4n) is 4.99. The molecule has 2 N–H and O–H groups in total. The van der Waals surface area contributed by atoms with E-state index in [1.54, 1.807) is 22.8 Å². The molecule has 0 radical (unpaired) electrons. The second kappa shape index (κ2) is 12.4. The third-order valence-electron chi connectivity index (χ3n) is 7.19. The Kier molecular flexibility index (Phi) is 7.86. The van der Waals surface area contributed by atoms with Crippen LogP contribution in [-0.2, 0) is 19.5 Å². The Hall–Kier alpha value is -5.49. The van der Waals surface area contributed by atoms with Crippen molar-refractivity contribution in [2.24, 2.45) is 0 Å². The molecule has 206 valence electrons. The van der Waals surface area contributed by atoms with Crippen LogP contribution in [0.15, 0.2) is 138 Å². The number of anilines is 1. The van der Waals surface area contributed by atoms with Crippen LogP contribution in [-0.4, -0.2) is 15.6 Å². The zero-order chi connectivity index (χ0) is 28.7. The molecule has 0 saturated heterocycles. The third-order valence-corrected chi connectivity index (χ3v) is 7.19. The van der Waals surface area contributed by atoms with Gasteiger partial charge >= 0.3 is 6.03 Å². The van der Waals surface area contributed by atoms with Crippen molar-refractivity contribution in [1.82, 2.24) is 14.9 Å². The van der Waals surface area contributed by atoms with Crippen molar-refractivity contribution in [2.75, 3.05) is 5.32 Å². The van der Waals surface area contributed by atoms with Crippen LogP contribution >= 0.6 is 0 Å². The molecule has 0 atom stereocenters. The van der Waals surface area contributed by atoms with Crippen LogP contribution in [0.4, 0.5) is 10.5 Å². The molecule has 0 unspecified atom stereocenters. The minimum Gasteiger partial charge on any atom is -0.334 e. The van der Waals surface area contributed by atoms with Crippen LogP contribution in [0.1, 0.15) is 22.5 Å². The first kappa shape index (κ1) is 26.7. The first-order chi connectivity index (χ1) is 20.6. The lowest BCUT2D eigenvalue weighted by molar-refractivity contribution is 0.251. The Morgan fingerprint density at radius 1 is 0.667 bits per heavy atom. The number of carbonyl (C=O) groups is 1. The van der Waals surface area contributed by atoms with Gasteiger partial charge in [-0.1, -0.05) is 115 Å². The van der Waals surface area contributed by atoms with Gasteiger partial charge in [-0.2, -0.15) is 0 Å². The van der Waals surface area contributed by atoms with E-state index in [-0.39, 0.29) is 11.6 Å². The molecule has 6 heteroatoms. The van der Waals surface area contributed by atoms with Gasteiger partial charge in [-0.3, -0.25) is 9.36 Å². The Morgan fingerprint density at radius 3 is 1.98 bits per heavy atom. The molecule has 42 heavy (non-hydrogen) atoms. The van der Waals surface area contributed by atoms with Crippen LogP contribution in [0.25, 0.3) is 22.0 Å². The smallest absolute Gasteiger partial charge is 0.319 e. The van der Waals surface area contributed by atoms with Crippen molar-refractivity contribution in [1.29, 1.82) is 0 Å². The molecule has 0 spiro atoms. The number of hydrogen-bond acceptors (Lipinski definition) is 3. The van der Waals surface area contributed by atoms with Gasteiger partial charge in [0.2, 0.25) is 0 Å². The Balaban J connectivity index is 1.30. The molecule has 1 aromatic heterocycles. The molecule has 0 aliphatic carbocycles. The van der Waals surface area contributed by atoms with Crippen molar-refractivity contribution in [2.45, 2.75) is 19.5 Å². The number of amides is 2. The van der Waals surface area contributed by atoms with Crippen LogP contribution < -0.4 is 16.2 Å². The number of nitrogens with one attached hydrogen (secondary N) is 2. The SMILES string of the molecule is O=C(NCc1ccccc1)Nc1ccc2nc(Cc3ccccc3)n(Cc3ccc(-c4ccccc4)cc3)c(=O)c2c1. The summed E-state index contributed by atoms with van der Waals surface area (Å²) in [5, 5.41) is 6.16. The molecule has 1 heterocycles. The summed E-state index contributed by atoms with van der Waals surface area (Å²) in [5.41, 5.74) is 6.32. The maximum atomic E-state index is 14.0.